The minimum absolute atomic E-state index is 0.418. The number of hydrogen-bond donors (Lipinski definition) is 0. The van der Waals surface area contributed by atoms with Crippen LogP contribution in [-0.4, -0.2) is 35.0 Å². The molecule has 0 aliphatic carbocycles. The summed E-state index contributed by atoms with van der Waals surface area (Å²) in [6.45, 7) is 12.0. The van der Waals surface area contributed by atoms with Crippen LogP contribution in [0.15, 0.2) is 0 Å². The van der Waals surface area contributed by atoms with Gasteiger partial charge in [-0.3, -0.25) is 0 Å². The highest BCUT2D eigenvalue weighted by atomic mass is 28.4. The first kappa shape index (κ1) is 15.2. The topological polar surface area (TPSA) is 27.7 Å². The number of rotatable bonds is 9. The van der Waals surface area contributed by atoms with Crippen molar-refractivity contribution in [2.75, 3.05) is 26.4 Å². The molecule has 0 saturated carbocycles. The lowest BCUT2D eigenvalue weighted by atomic mass is 9.81. The average Bonchev–Trinajstić information content (AvgIpc) is 2.28. The van der Waals surface area contributed by atoms with Crippen molar-refractivity contribution in [2.24, 2.45) is 5.41 Å². The molecule has 3 nitrogen and oxygen atoms in total. The molecule has 0 unspecified atom stereocenters. The summed E-state index contributed by atoms with van der Waals surface area (Å²) >= 11 is 0. The molecule has 1 heterocycles. The van der Waals surface area contributed by atoms with Crippen molar-refractivity contribution >= 4 is 8.56 Å². The third kappa shape index (κ3) is 3.78. The van der Waals surface area contributed by atoms with Crippen molar-refractivity contribution < 1.29 is 13.6 Å². The third-order valence-electron chi connectivity index (χ3n) is 3.96. The Morgan fingerprint density at radius 1 is 1.06 bits per heavy atom. The molecule has 0 N–H and O–H groups in total. The van der Waals surface area contributed by atoms with Crippen LogP contribution >= 0.6 is 0 Å². The Labute approximate surface area is 107 Å². The molecule has 0 aromatic rings. The van der Waals surface area contributed by atoms with E-state index in [2.05, 4.69) is 27.7 Å². The second-order valence-electron chi connectivity index (χ2n) is 4.98. The van der Waals surface area contributed by atoms with Crippen LogP contribution in [0.1, 0.15) is 40.5 Å². The maximum Gasteiger partial charge on any atom is 0.337 e. The quantitative estimate of drug-likeness (QED) is 0.595. The Bertz CT molecular complexity index is 205. The van der Waals surface area contributed by atoms with Gasteiger partial charge in [0, 0.05) is 18.6 Å². The van der Waals surface area contributed by atoms with Gasteiger partial charge < -0.3 is 13.6 Å². The molecule has 0 radical (unpaired) electrons. The Balaban J connectivity index is 2.52. The van der Waals surface area contributed by atoms with Gasteiger partial charge in [-0.15, -0.1) is 0 Å². The lowest BCUT2D eigenvalue weighted by Crippen LogP contribution is -2.47. The van der Waals surface area contributed by atoms with Crippen molar-refractivity contribution in [3.05, 3.63) is 0 Å². The van der Waals surface area contributed by atoms with Crippen molar-refractivity contribution in [1.82, 2.24) is 0 Å². The summed E-state index contributed by atoms with van der Waals surface area (Å²) in [7, 11) is -1.93. The Morgan fingerprint density at radius 3 is 1.94 bits per heavy atom. The molecule has 0 spiro atoms. The molecule has 0 aromatic carbocycles. The zero-order valence-corrected chi connectivity index (χ0v) is 12.9. The van der Waals surface area contributed by atoms with Crippen LogP contribution in [0.3, 0.4) is 0 Å². The molecule has 0 bridgehead atoms. The molecule has 0 atom stereocenters. The smallest absolute Gasteiger partial charge is 0.337 e. The van der Waals surface area contributed by atoms with Gasteiger partial charge in [0.1, 0.15) is 0 Å². The molecule has 4 heteroatoms. The zero-order valence-electron chi connectivity index (χ0n) is 11.9. The minimum Gasteiger partial charge on any atom is -0.394 e. The lowest BCUT2D eigenvalue weighted by molar-refractivity contribution is -0.117. The fourth-order valence-corrected chi connectivity index (χ4v) is 5.56. The molecule has 0 amide bonds. The summed E-state index contributed by atoms with van der Waals surface area (Å²) in [6, 6.07) is 2.16. The summed E-state index contributed by atoms with van der Waals surface area (Å²) < 4.78 is 17.4. The molecule has 1 aliphatic rings. The van der Waals surface area contributed by atoms with Gasteiger partial charge >= 0.3 is 8.56 Å². The van der Waals surface area contributed by atoms with E-state index in [1.807, 2.05) is 0 Å². The van der Waals surface area contributed by atoms with E-state index in [1.54, 1.807) is 0 Å². The lowest BCUT2D eigenvalue weighted by Gasteiger charge is -2.43. The molecular formula is C13H28O3Si. The summed E-state index contributed by atoms with van der Waals surface area (Å²) in [4.78, 5) is 0. The van der Waals surface area contributed by atoms with Gasteiger partial charge in [-0.25, -0.2) is 0 Å². The van der Waals surface area contributed by atoms with Crippen LogP contribution in [0.4, 0.5) is 0 Å². The van der Waals surface area contributed by atoms with Gasteiger partial charge in [-0.2, -0.15) is 0 Å². The first-order chi connectivity index (χ1) is 8.16. The molecule has 1 aliphatic heterocycles. The van der Waals surface area contributed by atoms with Crippen molar-refractivity contribution in [3.63, 3.8) is 0 Å². The first-order valence-corrected chi connectivity index (χ1v) is 9.24. The molecule has 1 fully saturated rings. The summed E-state index contributed by atoms with van der Waals surface area (Å²) in [5.74, 6) is 0. The summed E-state index contributed by atoms with van der Waals surface area (Å²) in [5.41, 5.74) is 0.418. The highest BCUT2D eigenvalue weighted by Gasteiger charge is 2.42. The van der Waals surface area contributed by atoms with E-state index in [0.29, 0.717) is 5.41 Å². The van der Waals surface area contributed by atoms with Crippen molar-refractivity contribution in [2.45, 2.75) is 52.6 Å². The zero-order chi connectivity index (χ0) is 12.8. The van der Waals surface area contributed by atoms with E-state index in [9.17, 15) is 0 Å². The van der Waals surface area contributed by atoms with E-state index in [4.69, 9.17) is 13.6 Å². The summed E-state index contributed by atoms with van der Waals surface area (Å²) in [6.07, 6.45) is 2.41. The van der Waals surface area contributed by atoms with E-state index in [0.717, 1.165) is 38.5 Å². The van der Waals surface area contributed by atoms with E-state index >= 15 is 0 Å². The van der Waals surface area contributed by atoms with Crippen LogP contribution < -0.4 is 0 Å². The van der Waals surface area contributed by atoms with Gasteiger partial charge in [-0.05, 0) is 38.8 Å². The molecule has 17 heavy (non-hydrogen) atoms. The molecular weight excluding hydrogens is 232 g/mol. The molecule has 1 rings (SSSR count). The van der Waals surface area contributed by atoms with Crippen LogP contribution in [0.5, 0.6) is 0 Å². The Hall–Kier alpha value is 0.0969. The van der Waals surface area contributed by atoms with Crippen LogP contribution in [-0.2, 0) is 13.6 Å². The van der Waals surface area contributed by atoms with Gasteiger partial charge in [-0.1, -0.05) is 13.8 Å². The highest BCUT2D eigenvalue weighted by Crippen LogP contribution is 2.39. The van der Waals surface area contributed by atoms with Gasteiger partial charge in [0.05, 0.1) is 13.2 Å². The predicted molar refractivity (Wildman–Crippen MR) is 72.5 cm³/mol. The Morgan fingerprint density at radius 2 is 1.65 bits per heavy atom. The summed E-state index contributed by atoms with van der Waals surface area (Å²) in [5, 5.41) is 0. The molecule has 102 valence electrons. The third-order valence-corrected chi connectivity index (χ3v) is 7.67. The van der Waals surface area contributed by atoms with Crippen LogP contribution in [0, 0.1) is 5.41 Å². The van der Waals surface area contributed by atoms with Gasteiger partial charge in [0.2, 0.25) is 0 Å². The monoisotopic (exact) mass is 260 g/mol. The fraction of sp³-hybridized carbons (Fsp3) is 1.00. The largest absolute Gasteiger partial charge is 0.394 e. The standard InChI is InChI=1S/C13H28O3Si/c1-5-13(11-14-12-13)9-10-17(8-4,15-6-2)16-7-3/h5-12H2,1-4H3. The Kier molecular flexibility index (Phi) is 6.13. The van der Waals surface area contributed by atoms with Crippen molar-refractivity contribution in [1.29, 1.82) is 0 Å². The van der Waals surface area contributed by atoms with E-state index in [1.165, 1.54) is 12.8 Å². The highest BCUT2D eigenvalue weighted by molar-refractivity contribution is 6.67. The van der Waals surface area contributed by atoms with Crippen LogP contribution in [0.2, 0.25) is 12.1 Å². The van der Waals surface area contributed by atoms with E-state index < -0.39 is 8.56 Å². The maximum absolute atomic E-state index is 6.00. The van der Waals surface area contributed by atoms with Crippen molar-refractivity contribution in [3.8, 4) is 0 Å². The average molecular weight is 260 g/mol. The van der Waals surface area contributed by atoms with Gasteiger partial charge in [0.15, 0.2) is 0 Å². The van der Waals surface area contributed by atoms with Gasteiger partial charge in [0.25, 0.3) is 0 Å². The van der Waals surface area contributed by atoms with E-state index in [-0.39, 0.29) is 0 Å². The number of ether oxygens (including phenoxy) is 1. The second-order valence-corrected chi connectivity index (χ2v) is 8.58. The predicted octanol–water partition coefficient (Wildman–Crippen LogP) is 3.34. The molecule has 1 saturated heterocycles. The normalized spacial score (nSPS) is 19.1. The second kappa shape index (κ2) is 6.88. The first-order valence-electron chi connectivity index (χ1n) is 7.01. The van der Waals surface area contributed by atoms with Crippen LogP contribution in [0.25, 0.3) is 0 Å². The SMILES string of the molecule is CCO[Si](CC)(CCC1(CC)COC1)OCC. The minimum atomic E-state index is -1.93. The molecule has 0 aromatic heterocycles. The fourth-order valence-electron chi connectivity index (χ4n) is 2.46. The number of hydrogen-bond acceptors (Lipinski definition) is 3. The maximum atomic E-state index is 6.00.